The van der Waals surface area contributed by atoms with Gasteiger partial charge in [0, 0.05) is 21.3 Å². The molecule has 8 heteroatoms. The van der Waals surface area contributed by atoms with E-state index in [4.69, 9.17) is 18.0 Å². The summed E-state index contributed by atoms with van der Waals surface area (Å²) in [5.74, 6) is 1.33. The predicted octanol–water partition coefficient (Wildman–Crippen LogP) is 8.88. The van der Waals surface area contributed by atoms with Crippen LogP contribution in [0.4, 0.5) is 0 Å². The van der Waals surface area contributed by atoms with E-state index in [1.807, 2.05) is 12.1 Å². The summed E-state index contributed by atoms with van der Waals surface area (Å²) in [6, 6.07) is 6.69. The van der Waals surface area contributed by atoms with E-state index in [-0.39, 0.29) is 0 Å². The van der Waals surface area contributed by atoms with Gasteiger partial charge in [-0.3, -0.25) is 0 Å². The first kappa shape index (κ1) is 34.9. The molecule has 5 nitrogen and oxygen atoms in total. The van der Waals surface area contributed by atoms with Crippen LogP contribution >= 0.6 is 20.8 Å². The fourth-order valence-electron chi connectivity index (χ4n) is 5.21. The molecule has 0 heterocycles. The zero-order valence-electron chi connectivity index (χ0n) is 24.7. The normalized spacial score (nSPS) is 13.4. The molecule has 0 atom stereocenters. The minimum absolute atomic E-state index is 0.350. The molecular weight excluding hydrogens is 567 g/mol. The topological polar surface area (TPSA) is 57.2 Å². The number of ether oxygens (including phenoxy) is 1. The molecule has 218 valence electrons. The summed E-state index contributed by atoms with van der Waals surface area (Å²) in [4.78, 5) is 0. The van der Waals surface area contributed by atoms with Crippen molar-refractivity contribution < 1.29 is 23.1 Å². The third-order valence-corrected chi connectivity index (χ3v) is 20.4. The molecule has 1 aromatic rings. The van der Waals surface area contributed by atoms with Crippen LogP contribution in [0.2, 0.25) is 6.04 Å². The van der Waals surface area contributed by atoms with Crippen LogP contribution < -0.4 is 10.0 Å². The van der Waals surface area contributed by atoms with Gasteiger partial charge < -0.3 is 13.3 Å². The van der Waals surface area contributed by atoms with Gasteiger partial charge in [-0.2, -0.15) is 0 Å². The van der Waals surface area contributed by atoms with Crippen molar-refractivity contribution >= 4 is 34.9 Å². The Labute approximate surface area is 237 Å². The quantitative estimate of drug-likeness (QED) is 0.0750. The molecule has 0 radical (unpaired) electrons. The summed E-state index contributed by atoms with van der Waals surface area (Å²) < 4.78 is 23.0. The second kappa shape index (κ2) is 18.2. The Morgan fingerprint density at radius 2 is 1.22 bits per heavy atom. The fourth-order valence-corrected chi connectivity index (χ4v) is 15.8. The molecule has 1 N–H and O–H groups in total. The van der Waals surface area contributed by atoms with Gasteiger partial charge >= 0.3 is 203 Å². The Bertz CT molecular complexity index is 714. The number of aromatic hydroxyl groups is 1. The van der Waals surface area contributed by atoms with Gasteiger partial charge in [0.05, 0.1) is 0 Å². The van der Waals surface area contributed by atoms with E-state index in [9.17, 15) is 5.11 Å². The number of unbranched alkanes of at least 4 members (excludes halogenated alkanes) is 8. The van der Waals surface area contributed by atoms with Crippen LogP contribution in [0, 0.1) is 0 Å². The number of phenols is 1. The van der Waals surface area contributed by atoms with E-state index in [2.05, 4.69) is 36.3 Å². The van der Waals surface area contributed by atoms with E-state index < -0.39 is 14.1 Å². The van der Waals surface area contributed by atoms with E-state index in [0.717, 1.165) is 44.1 Å². The number of benzene rings is 1. The van der Waals surface area contributed by atoms with Gasteiger partial charge in [0.25, 0.3) is 0 Å². The molecule has 37 heavy (non-hydrogen) atoms. The molecular formula is C29H56BrO5PSi. The van der Waals surface area contributed by atoms with E-state index >= 15 is 0 Å². The maximum atomic E-state index is 10.5. The van der Waals surface area contributed by atoms with Crippen LogP contribution in [-0.4, -0.2) is 60.3 Å². The van der Waals surface area contributed by atoms with Crippen LogP contribution in [0.1, 0.15) is 97.8 Å². The third-order valence-electron chi connectivity index (χ3n) is 7.69. The number of rotatable bonds is 23. The second-order valence-electron chi connectivity index (χ2n) is 10.5. The van der Waals surface area contributed by atoms with E-state index in [1.54, 1.807) is 27.4 Å². The number of hydrogen-bond donors (Lipinski definition) is 1. The van der Waals surface area contributed by atoms with Crippen molar-refractivity contribution in [3.63, 3.8) is 0 Å². The first-order valence-electron chi connectivity index (χ1n) is 14.6. The molecule has 0 aliphatic heterocycles. The molecule has 0 fully saturated rings. The molecule has 0 aliphatic carbocycles. The molecule has 0 saturated carbocycles. The van der Waals surface area contributed by atoms with Crippen molar-refractivity contribution in [1.82, 2.24) is 0 Å². The minimum Gasteiger partial charge on any atom is -0.377 e. The number of halogens is 1. The Kier molecular flexibility index (Phi) is 17.2. The monoisotopic (exact) mass is 622 g/mol. The Morgan fingerprint density at radius 3 is 1.70 bits per heavy atom. The van der Waals surface area contributed by atoms with Crippen LogP contribution in [0.5, 0.6) is 11.5 Å². The van der Waals surface area contributed by atoms with Crippen LogP contribution in [0.15, 0.2) is 18.2 Å². The average molecular weight is 624 g/mol. The fraction of sp³-hybridized carbons (Fsp3) is 0.793. The van der Waals surface area contributed by atoms with Crippen molar-refractivity contribution in [2.75, 3.05) is 46.4 Å². The van der Waals surface area contributed by atoms with Crippen molar-refractivity contribution in [3.8, 4) is 11.5 Å². The van der Waals surface area contributed by atoms with Crippen molar-refractivity contribution in [2.45, 2.75) is 104 Å². The van der Waals surface area contributed by atoms with Crippen LogP contribution in [0.25, 0.3) is 0 Å². The van der Waals surface area contributed by atoms with Gasteiger partial charge in [-0.15, -0.1) is 0 Å². The molecule has 0 aliphatic rings. The van der Waals surface area contributed by atoms with Gasteiger partial charge in [-0.25, -0.2) is 0 Å². The maximum absolute atomic E-state index is 10.5. The van der Waals surface area contributed by atoms with Crippen LogP contribution in [-0.2, 0) is 13.3 Å². The zero-order valence-corrected chi connectivity index (χ0v) is 28.1. The Hall–Kier alpha value is -0.173. The molecule has 0 unspecified atom stereocenters. The van der Waals surface area contributed by atoms with Crippen molar-refractivity contribution in [3.05, 3.63) is 18.2 Å². The molecule has 0 bridgehead atoms. The summed E-state index contributed by atoms with van der Waals surface area (Å²) in [5, 5.41) is 9.36. The van der Waals surface area contributed by atoms with E-state index in [1.165, 1.54) is 75.2 Å². The molecule has 0 saturated heterocycles. The summed E-state index contributed by atoms with van der Waals surface area (Å²) in [7, 11) is 2.61. The average Bonchev–Trinajstić information content (AvgIpc) is 2.92. The van der Waals surface area contributed by atoms with Crippen molar-refractivity contribution in [1.29, 1.82) is 0 Å². The van der Waals surface area contributed by atoms with Gasteiger partial charge in [-0.1, -0.05) is 0 Å². The number of phenolic OH excluding ortho intramolecular Hbond substituents is 1. The molecule has 0 aromatic heterocycles. The van der Waals surface area contributed by atoms with Crippen molar-refractivity contribution in [2.24, 2.45) is 0 Å². The summed E-state index contributed by atoms with van der Waals surface area (Å²) in [5.41, 5.74) is 0. The van der Waals surface area contributed by atoms with Gasteiger partial charge in [0.2, 0.25) is 0 Å². The first-order chi connectivity index (χ1) is 17.8. The summed E-state index contributed by atoms with van der Waals surface area (Å²) in [6.07, 6.45) is 17.6. The SMILES string of the molecule is CCCCP(Br)(CCCC)(CCCC)c1cc(O)ccc1OCCCCCCCC[Si](OC)(OC)OC. The Morgan fingerprint density at radius 1 is 0.730 bits per heavy atom. The summed E-state index contributed by atoms with van der Waals surface area (Å²) >= 11 is 4.49. The van der Waals surface area contributed by atoms with Gasteiger partial charge in [0.1, 0.15) is 0 Å². The van der Waals surface area contributed by atoms with Gasteiger partial charge in [-0.05, 0) is 0 Å². The molecule has 0 amide bonds. The minimum atomic E-state index is -2.43. The Balaban J connectivity index is 2.77. The predicted molar refractivity (Wildman–Crippen MR) is 168 cm³/mol. The van der Waals surface area contributed by atoms with Crippen LogP contribution in [0.3, 0.4) is 0 Å². The number of hydrogen-bond acceptors (Lipinski definition) is 5. The smallest absolute Gasteiger partial charge is 0.377 e. The standard InChI is InChI=1S/C29H56BrO5PSi/c1-7-10-22-36(30,23-11-8-2,24-12-9-3)29-26-27(31)19-20-28(29)35-21-17-15-13-14-16-18-25-37(32-4,33-5)34-6/h19-20,26,31H,7-18,21-25H2,1-6H3. The summed E-state index contributed by atoms with van der Waals surface area (Å²) in [6.45, 7) is 7.55. The van der Waals surface area contributed by atoms with E-state index in [0.29, 0.717) is 5.75 Å². The zero-order chi connectivity index (χ0) is 27.6. The molecule has 1 aromatic carbocycles. The first-order valence-corrected chi connectivity index (χ1v) is 21.4. The van der Waals surface area contributed by atoms with Gasteiger partial charge in [0.15, 0.2) is 0 Å². The molecule has 0 spiro atoms. The third kappa shape index (κ3) is 11.1. The molecule has 1 rings (SSSR count). The second-order valence-corrected chi connectivity index (χ2v) is 24.2.